The standard InChI is InChI=1S/C45H59NO16/c1-20-13-12-14-28(25(6)55-10)37(50)22(3)36(49)23(4)40(61-27(8)47)21(2)31(57-18-32-42(26(7)56-11)59-19-58-32)15-16-60-45(9)43(53)35-33-30(48)17-29(46-44(20)54)39(52)34(33)38(51)24(5)41(35)62-45/h12-17,21-23,25-26,28,31-32,36-37,40,42,49-51H,18-19H2,1-11H3,(H,46,54)/b14-12+,16-15+,20-13-. The lowest BCUT2D eigenvalue weighted by Gasteiger charge is -2.39. The Labute approximate surface area is 361 Å². The topological polar surface area (TPSA) is 232 Å². The van der Waals surface area contributed by atoms with Gasteiger partial charge < -0.3 is 58.5 Å². The number of methoxy groups -OCH3 is 2. The van der Waals surface area contributed by atoms with E-state index in [-0.39, 0.29) is 42.0 Å². The number of rotatable bonds is 8. The van der Waals surface area contributed by atoms with Gasteiger partial charge in [0.2, 0.25) is 5.78 Å². The highest BCUT2D eigenvalue weighted by Gasteiger charge is 2.52. The Kier molecular flexibility index (Phi) is 15.4. The molecular formula is C45H59NO16. The van der Waals surface area contributed by atoms with Gasteiger partial charge >= 0.3 is 11.8 Å². The summed E-state index contributed by atoms with van der Waals surface area (Å²) in [5.41, 5.74) is -1.52. The molecule has 4 heterocycles. The Morgan fingerprint density at radius 1 is 0.935 bits per heavy atom. The summed E-state index contributed by atoms with van der Waals surface area (Å²) in [4.78, 5) is 67.9. The number of carbonyl (C=O) groups is 5. The maximum atomic E-state index is 14.2. The van der Waals surface area contributed by atoms with E-state index in [1.54, 1.807) is 40.9 Å². The Hall–Kier alpha value is -4.75. The second-order valence-corrected chi connectivity index (χ2v) is 16.5. The summed E-state index contributed by atoms with van der Waals surface area (Å²) in [5, 5.41) is 37.4. The first-order valence-electron chi connectivity index (χ1n) is 20.6. The van der Waals surface area contributed by atoms with Crippen molar-refractivity contribution < 1.29 is 77.2 Å². The number of phenols is 1. The number of aliphatic hydroxyl groups excluding tert-OH is 2. The lowest BCUT2D eigenvalue weighted by atomic mass is 9.77. The molecule has 17 nitrogen and oxygen atoms in total. The molecule has 1 aromatic carbocycles. The number of hydrogen-bond donors (Lipinski definition) is 4. The van der Waals surface area contributed by atoms with Crippen molar-refractivity contribution in [1.82, 2.24) is 5.32 Å². The summed E-state index contributed by atoms with van der Waals surface area (Å²) in [5.74, 6) is -10.0. The second kappa shape index (κ2) is 19.7. The minimum atomic E-state index is -2.12. The third-order valence-electron chi connectivity index (χ3n) is 12.4. The fourth-order valence-electron chi connectivity index (χ4n) is 8.28. The predicted molar refractivity (Wildman–Crippen MR) is 220 cm³/mol. The Balaban J connectivity index is 1.63. The van der Waals surface area contributed by atoms with E-state index in [4.69, 9.17) is 37.9 Å². The molecule has 1 aliphatic carbocycles. The number of allylic oxidation sites excluding steroid dienone is 4. The van der Waals surface area contributed by atoms with E-state index in [9.17, 15) is 39.3 Å². The molecule has 0 spiro atoms. The molecule has 0 aromatic heterocycles. The van der Waals surface area contributed by atoms with Crippen molar-refractivity contribution in [3.63, 3.8) is 0 Å². The van der Waals surface area contributed by atoms with Crippen molar-refractivity contribution in [2.45, 2.75) is 117 Å². The molecule has 1 fully saturated rings. The number of hydrogen-bond acceptors (Lipinski definition) is 16. The number of Topliss-reactive ketones (excluding diaryl/α,β-unsaturated/α-hetero) is 2. The molecule has 1 saturated heterocycles. The van der Waals surface area contributed by atoms with Gasteiger partial charge in [-0.15, -0.1) is 0 Å². The highest BCUT2D eigenvalue weighted by atomic mass is 16.7. The quantitative estimate of drug-likeness (QED) is 0.272. The molecule has 17 heteroatoms. The van der Waals surface area contributed by atoms with Crippen LogP contribution in [-0.2, 0) is 42.7 Å². The lowest BCUT2D eigenvalue weighted by Crippen LogP contribution is -2.48. The zero-order valence-corrected chi connectivity index (χ0v) is 37.0. The first-order valence-corrected chi connectivity index (χ1v) is 20.6. The van der Waals surface area contributed by atoms with Crippen LogP contribution in [0.1, 0.15) is 92.0 Å². The highest BCUT2D eigenvalue weighted by Crippen LogP contribution is 2.48. The van der Waals surface area contributed by atoms with Crippen LogP contribution in [0.15, 0.2) is 47.9 Å². The van der Waals surface area contributed by atoms with Crippen molar-refractivity contribution in [2.75, 3.05) is 27.6 Å². The smallest absolute Gasteiger partial charge is 0.312 e. The summed E-state index contributed by atoms with van der Waals surface area (Å²) >= 11 is 0. The van der Waals surface area contributed by atoms with Crippen LogP contribution in [0, 0.1) is 30.6 Å². The maximum absolute atomic E-state index is 14.2. The zero-order chi connectivity index (χ0) is 46.0. The van der Waals surface area contributed by atoms with Crippen LogP contribution in [0.3, 0.4) is 0 Å². The van der Waals surface area contributed by atoms with Crippen molar-refractivity contribution >= 4 is 29.2 Å². The average molecular weight is 870 g/mol. The number of nitrogens with one attached hydrogen (secondary N) is 1. The van der Waals surface area contributed by atoms with Gasteiger partial charge in [0.15, 0.2) is 5.78 Å². The molecule has 62 heavy (non-hydrogen) atoms. The fourth-order valence-corrected chi connectivity index (χ4v) is 8.28. The van der Waals surface area contributed by atoms with E-state index >= 15 is 0 Å². The van der Waals surface area contributed by atoms with E-state index < -0.39 is 124 Å². The normalized spacial score (nSPS) is 34.9. The van der Waals surface area contributed by atoms with Crippen molar-refractivity contribution in [3.05, 3.63) is 70.2 Å². The van der Waals surface area contributed by atoms with E-state index in [0.29, 0.717) is 0 Å². The number of fused-ring (bicyclic) bond motifs is 14. The summed E-state index contributed by atoms with van der Waals surface area (Å²) in [6, 6.07) is 0. The lowest BCUT2D eigenvalue weighted by molar-refractivity contribution is -0.162. The number of amides is 1. The summed E-state index contributed by atoms with van der Waals surface area (Å²) in [7, 11) is 3.01. The summed E-state index contributed by atoms with van der Waals surface area (Å²) < 4.78 is 47.0. The van der Waals surface area contributed by atoms with Gasteiger partial charge in [-0.1, -0.05) is 39.0 Å². The van der Waals surface area contributed by atoms with Gasteiger partial charge in [0, 0.05) is 69.0 Å². The molecular weight excluding hydrogens is 810 g/mol. The van der Waals surface area contributed by atoms with Gasteiger partial charge in [-0.2, -0.15) is 0 Å². The Morgan fingerprint density at radius 3 is 2.26 bits per heavy atom. The number of ketones is 3. The number of esters is 1. The molecule has 340 valence electrons. The SMILES string of the molecule is COC(C)C1/C=C/C=C(/C)C(=O)NC2=CC(=O)c3c(c(O)c(C)c4c3C(=O)C(C)(O/C=C/C(OCC3OCOC3C(C)OC)C(C)C(OC(C)=O)C(C)C(O)C(C)C1O)O4)C2=O. The van der Waals surface area contributed by atoms with E-state index in [1.807, 2.05) is 6.92 Å². The molecule has 5 bridgehead atoms. The third-order valence-corrected chi connectivity index (χ3v) is 12.4. The monoisotopic (exact) mass is 869 g/mol. The zero-order valence-electron chi connectivity index (χ0n) is 37.0. The summed E-state index contributed by atoms with van der Waals surface area (Å²) in [6.07, 6.45) is 1.58. The van der Waals surface area contributed by atoms with Gasteiger partial charge in [-0.25, -0.2) is 0 Å². The average Bonchev–Trinajstić information content (AvgIpc) is 3.82. The minimum Gasteiger partial charge on any atom is -0.507 e. The number of benzene rings is 1. The molecule has 4 aliphatic heterocycles. The maximum Gasteiger partial charge on any atom is 0.312 e. The van der Waals surface area contributed by atoms with Gasteiger partial charge in [-0.05, 0) is 33.8 Å². The molecule has 1 amide bonds. The van der Waals surface area contributed by atoms with Gasteiger partial charge in [0.1, 0.15) is 36.6 Å². The highest BCUT2D eigenvalue weighted by molar-refractivity contribution is 6.30. The van der Waals surface area contributed by atoms with E-state index in [0.717, 1.165) is 12.3 Å². The first-order chi connectivity index (χ1) is 29.2. The van der Waals surface area contributed by atoms with Crippen molar-refractivity contribution in [1.29, 1.82) is 0 Å². The number of carbonyl (C=O) groups excluding carboxylic acids is 5. The van der Waals surface area contributed by atoms with Crippen LogP contribution in [0.5, 0.6) is 11.5 Å². The van der Waals surface area contributed by atoms with Crippen LogP contribution in [0.4, 0.5) is 0 Å². The molecule has 0 saturated carbocycles. The molecule has 1 aromatic rings. The largest absolute Gasteiger partial charge is 0.507 e. The van der Waals surface area contributed by atoms with Crippen LogP contribution >= 0.6 is 0 Å². The number of aromatic hydroxyl groups is 1. The molecule has 6 rings (SSSR count). The number of aliphatic hydroxyl groups is 2. The molecule has 5 aliphatic rings. The van der Waals surface area contributed by atoms with Crippen molar-refractivity contribution in [2.24, 2.45) is 23.7 Å². The third kappa shape index (κ3) is 9.58. The van der Waals surface area contributed by atoms with Crippen LogP contribution in [0.2, 0.25) is 0 Å². The molecule has 4 N–H and O–H groups in total. The number of ether oxygens (including phenoxy) is 8. The predicted octanol–water partition coefficient (Wildman–Crippen LogP) is 3.79. The van der Waals surface area contributed by atoms with Gasteiger partial charge in [0.25, 0.3) is 11.7 Å². The van der Waals surface area contributed by atoms with Gasteiger partial charge in [0.05, 0.1) is 65.8 Å². The fraction of sp³-hybridized carbons (Fsp3) is 0.578. The second-order valence-electron chi connectivity index (χ2n) is 16.5. The number of phenolic OH excluding ortho intramolecular Hbond substituents is 1. The van der Waals surface area contributed by atoms with Crippen LogP contribution < -0.4 is 10.1 Å². The molecule has 0 radical (unpaired) electrons. The molecule has 13 unspecified atom stereocenters. The van der Waals surface area contributed by atoms with Crippen LogP contribution in [0.25, 0.3) is 0 Å². The van der Waals surface area contributed by atoms with Crippen LogP contribution in [-0.4, -0.2) is 127 Å². The van der Waals surface area contributed by atoms with E-state index in [2.05, 4.69) is 5.32 Å². The summed E-state index contributed by atoms with van der Waals surface area (Å²) in [6.45, 7) is 14.0. The first kappa shape index (κ1) is 48.3. The van der Waals surface area contributed by atoms with Crippen molar-refractivity contribution in [3.8, 4) is 11.5 Å². The Bertz CT molecular complexity index is 2040. The van der Waals surface area contributed by atoms with Gasteiger partial charge in [-0.3, -0.25) is 24.0 Å². The minimum absolute atomic E-state index is 0.00424. The van der Waals surface area contributed by atoms with E-state index in [1.165, 1.54) is 53.0 Å². The Morgan fingerprint density at radius 2 is 1.61 bits per heavy atom. The molecule has 13 atom stereocenters.